The average molecular weight is 363 g/mol. The van der Waals surface area contributed by atoms with Crippen molar-refractivity contribution in [1.82, 2.24) is 4.98 Å². The maximum Gasteiger partial charge on any atom is 0.303 e. The Morgan fingerprint density at radius 3 is 2.52 bits per heavy atom. The van der Waals surface area contributed by atoms with Gasteiger partial charge in [-0.25, -0.2) is 0 Å². The van der Waals surface area contributed by atoms with E-state index in [1.807, 2.05) is 18.2 Å². The zero-order valence-corrected chi connectivity index (χ0v) is 15.4. The van der Waals surface area contributed by atoms with E-state index >= 15 is 0 Å². The molecule has 1 heterocycles. The monoisotopic (exact) mass is 363 g/mol. The maximum absolute atomic E-state index is 10.5. The van der Waals surface area contributed by atoms with E-state index in [0.29, 0.717) is 6.61 Å². The molecule has 4 heteroatoms. The van der Waals surface area contributed by atoms with Crippen molar-refractivity contribution in [2.24, 2.45) is 0 Å². The van der Waals surface area contributed by atoms with Gasteiger partial charge in [0.2, 0.25) is 0 Å². The molecule has 0 saturated carbocycles. The normalized spacial score (nSPS) is 10.8. The van der Waals surface area contributed by atoms with E-state index in [2.05, 4.69) is 41.4 Å². The molecule has 0 unspecified atom stereocenters. The number of unbranched alkanes of at least 4 members (excludes halogenated alkanes) is 3. The van der Waals surface area contributed by atoms with Gasteiger partial charge in [-0.3, -0.25) is 9.78 Å². The van der Waals surface area contributed by atoms with Crippen LogP contribution in [0.15, 0.2) is 60.8 Å². The van der Waals surface area contributed by atoms with Crippen molar-refractivity contribution in [3.63, 3.8) is 0 Å². The fourth-order valence-corrected chi connectivity index (χ4v) is 3.08. The van der Waals surface area contributed by atoms with Gasteiger partial charge < -0.3 is 9.84 Å². The molecule has 0 radical (unpaired) electrons. The number of ether oxygens (including phenoxy) is 1. The smallest absolute Gasteiger partial charge is 0.303 e. The third-order valence-corrected chi connectivity index (χ3v) is 4.61. The number of aryl methyl sites for hydroxylation is 1. The summed E-state index contributed by atoms with van der Waals surface area (Å²) in [4.78, 5) is 14.9. The predicted octanol–water partition coefficient (Wildman–Crippen LogP) is 5.39. The summed E-state index contributed by atoms with van der Waals surface area (Å²) in [5.74, 6) is 0.159. The molecule has 0 spiro atoms. The van der Waals surface area contributed by atoms with Crippen LogP contribution >= 0.6 is 0 Å². The number of carboxylic acid groups (broad SMARTS) is 1. The lowest BCUT2D eigenvalue weighted by Crippen LogP contribution is -1.96. The largest absolute Gasteiger partial charge is 0.489 e. The second-order valence-corrected chi connectivity index (χ2v) is 6.77. The van der Waals surface area contributed by atoms with Crippen LogP contribution in [0, 0.1) is 0 Å². The van der Waals surface area contributed by atoms with Crippen molar-refractivity contribution in [2.75, 3.05) is 0 Å². The van der Waals surface area contributed by atoms with E-state index in [1.165, 1.54) is 5.56 Å². The summed E-state index contributed by atoms with van der Waals surface area (Å²) in [7, 11) is 0. The number of fused-ring (bicyclic) bond motifs is 1. The molecule has 0 fully saturated rings. The van der Waals surface area contributed by atoms with Gasteiger partial charge in [0.15, 0.2) is 0 Å². The zero-order valence-electron chi connectivity index (χ0n) is 15.4. The Bertz CT molecular complexity index is 874. The summed E-state index contributed by atoms with van der Waals surface area (Å²) in [5.41, 5.74) is 3.37. The van der Waals surface area contributed by atoms with Crippen LogP contribution < -0.4 is 4.74 Å². The van der Waals surface area contributed by atoms with Gasteiger partial charge in [0.25, 0.3) is 0 Å². The lowest BCUT2D eigenvalue weighted by atomic mass is 10.1. The van der Waals surface area contributed by atoms with E-state index in [9.17, 15) is 4.79 Å². The van der Waals surface area contributed by atoms with Crippen molar-refractivity contribution < 1.29 is 14.6 Å². The molecule has 1 N–H and O–H groups in total. The first kappa shape index (κ1) is 18.9. The number of carbonyl (C=O) groups is 1. The van der Waals surface area contributed by atoms with Gasteiger partial charge in [-0.1, -0.05) is 43.2 Å². The van der Waals surface area contributed by atoms with Crippen LogP contribution in [0.1, 0.15) is 43.2 Å². The molecule has 0 aliphatic rings. The molecular weight excluding hydrogens is 338 g/mol. The first-order valence-corrected chi connectivity index (χ1v) is 9.48. The Balaban J connectivity index is 1.42. The van der Waals surface area contributed by atoms with Gasteiger partial charge >= 0.3 is 5.97 Å². The molecule has 0 atom stereocenters. The van der Waals surface area contributed by atoms with Crippen LogP contribution in [0.2, 0.25) is 0 Å². The summed E-state index contributed by atoms with van der Waals surface area (Å²) in [6.07, 6.45) is 7.01. The summed E-state index contributed by atoms with van der Waals surface area (Å²) >= 11 is 0. The van der Waals surface area contributed by atoms with E-state index < -0.39 is 5.97 Å². The molecule has 0 aliphatic carbocycles. The molecule has 27 heavy (non-hydrogen) atoms. The van der Waals surface area contributed by atoms with Crippen LogP contribution in [0.4, 0.5) is 0 Å². The predicted molar refractivity (Wildman–Crippen MR) is 107 cm³/mol. The van der Waals surface area contributed by atoms with Crippen LogP contribution in [0.25, 0.3) is 10.9 Å². The topological polar surface area (TPSA) is 59.4 Å². The summed E-state index contributed by atoms with van der Waals surface area (Å²) in [5, 5.41) is 9.76. The number of hydrogen-bond acceptors (Lipinski definition) is 3. The molecule has 0 aliphatic heterocycles. The van der Waals surface area contributed by atoms with Crippen molar-refractivity contribution in [2.45, 2.75) is 45.1 Å². The van der Waals surface area contributed by atoms with Crippen molar-refractivity contribution in [3.05, 3.63) is 71.9 Å². The maximum atomic E-state index is 10.5. The van der Waals surface area contributed by atoms with Crippen molar-refractivity contribution >= 4 is 16.9 Å². The molecule has 3 rings (SSSR count). The van der Waals surface area contributed by atoms with Crippen LogP contribution in [-0.4, -0.2) is 16.1 Å². The minimum atomic E-state index is -0.703. The first-order valence-electron chi connectivity index (χ1n) is 9.48. The summed E-state index contributed by atoms with van der Waals surface area (Å²) < 4.78 is 5.89. The van der Waals surface area contributed by atoms with Crippen molar-refractivity contribution in [1.29, 1.82) is 0 Å². The number of carboxylic acids is 1. The third kappa shape index (κ3) is 6.10. The number of aromatic nitrogens is 1. The molecule has 0 saturated heterocycles. The van der Waals surface area contributed by atoms with Crippen LogP contribution in [-0.2, 0) is 17.8 Å². The minimum Gasteiger partial charge on any atom is -0.489 e. The fourth-order valence-electron chi connectivity index (χ4n) is 3.08. The van der Waals surface area contributed by atoms with Crippen LogP contribution in [0.3, 0.4) is 0 Å². The van der Waals surface area contributed by atoms with E-state index in [0.717, 1.165) is 54.3 Å². The van der Waals surface area contributed by atoms with Crippen molar-refractivity contribution in [3.8, 4) is 5.75 Å². The molecule has 0 amide bonds. The quantitative estimate of drug-likeness (QED) is 0.491. The molecular formula is C23H25NO3. The highest BCUT2D eigenvalue weighted by Gasteiger charge is 2.01. The second kappa shape index (κ2) is 9.72. The molecule has 2 aromatic carbocycles. The Kier molecular flexibility index (Phi) is 6.80. The van der Waals surface area contributed by atoms with Crippen LogP contribution in [0.5, 0.6) is 5.75 Å². The molecule has 1 aromatic heterocycles. The van der Waals surface area contributed by atoms with E-state index in [4.69, 9.17) is 9.84 Å². The standard InChI is InChI=1S/C23H25NO3/c25-23(26)8-4-2-1-3-6-18-10-13-21(14-11-18)27-17-19-9-12-20-7-5-15-24-22(20)16-19/h5,7,9-16H,1-4,6,8,17H2,(H,25,26). The number of benzene rings is 2. The first-order chi connectivity index (χ1) is 13.2. The fraction of sp³-hybridized carbons (Fsp3) is 0.304. The Morgan fingerprint density at radius 1 is 0.926 bits per heavy atom. The highest BCUT2D eigenvalue weighted by atomic mass is 16.5. The zero-order chi connectivity index (χ0) is 18.9. The molecule has 3 aromatic rings. The number of pyridine rings is 1. The second-order valence-electron chi connectivity index (χ2n) is 6.77. The SMILES string of the molecule is O=C(O)CCCCCCc1ccc(OCc2ccc3cccnc3c2)cc1. The van der Waals surface area contributed by atoms with Gasteiger partial charge in [-0.15, -0.1) is 0 Å². The Labute approximate surface area is 159 Å². The van der Waals surface area contributed by atoms with Gasteiger partial charge in [-0.05, 0) is 54.7 Å². The van der Waals surface area contributed by atoms with Gasteiger partial charge in [-0.2, -0.15) is 0 Å². The van der Waals surface area contributed by atoms with Gasteiger partial charge in [0, 0.05) is 18.0 Å². The summed E-state index contributed by atoms with van der Waals surface area (Å²) in [6, 6.07) is 18.4. The Hall–Kier alpha value is -2.88. The number of aliphatic carboxylic acids is 1. The van der Waals surface area contributed by atoms with E-state index in [1.54, 1.807) is 6.20 Å². The third-order valence-electron chi connectivity index (χ3n) is 4.61. The highest BCUT2D eigenvalue weighted by molar-refractivity contribution is 5.78. The lowest BCUT2D eigenvalue weighted by molar-refractivity contribution is -0.137. The molecule has 140 valence electrons. The van der Waals surface area contributed by atoms with Gasteiger partial charge in [0.1, 0.15) is 12.4 Å². The number of nitrogens with zero attached hydrogens (tertiary/aromatic N) is 1. The minimum absolute atomic E-state index is 0.277. The highest BCUT2D eigenvalue weighted by Crippen LogP contribution is 2.18. The number of rotatable bonds is 10. The molecule has 4 nitrogen and oxygen atoms in total. The number of hydrogen-bond donors (Lipinski definition) is 1. The average Bonchev–Trinajstić information content (AvgIpc) is 2.69. The van der Waals surface area contributed by atoms with Gasteiger partial charge in [0.05, 0.1) is 5.52 Å². The Morgan fingerprint density at radius 2 is 1.70 bits per heavy atom. The molecule has 0 bridgehead atoms. The lowest BCUT2D eigenvalue weighted by Gasteiger charge is -2.08. The van der Waals surface area contributed by atoms with E-state index in [-0.39, 0.29) is 6.42 Å². The summed E-state index contributed by atoms with van der Waals surface area (Å²) in [6.45, 7) is 0.523.